The summed E-state index contributed by atoms with van der Waals surface area (Å²) in [7, 11) is 2.24. The van der Waals surface area contributed by atoms with Gasteiger partial charge in [0.2, 0.25) is 5.91 Å². The molecule has 0 saturated carbocycles. The Labute approximate surface area is 150 Å². The second-order valence-electron chi connectivity index (χ2n) is 7.13. The van der Waals surface area contributed by atoms with E-state index in [9.17, 15) is 4.79 Å². The Morgan fingerprint density at radius 2 is 1.72 bits per heavy atom. The largest absolute Gasteiger partial charge is 0.360 e. The van der Waals surface area contributed by atoms with Gasteiger partial charge in [-0.2, -0.15) is 0 Å². The van der Waals surface area contributed by atoms with Crippen LogP contribution in [0.2, 0.25) is 0 Å². The van der Waals surface area contributed by atoms with Crippen molar-refractivity contribution in [2.24, 2.45) is 0 Å². The normalized spacial score (nSPS) is 15.2. The van der Waals surface area contributed by atoms with E-state index in [1.807, 2.05) is 18.2 Å². The molecule has 1 heterocycles. The zero-order valence-corrected chi connectivity index (χ0v) is 15.4. The standard InChI is InChI=1S/C21H27N3O/c1-16-4-5-18(14-17(16)2)15-21(25)22-19-6-8-20(9-7-19)24-12-10-23(3)11-13-24/h4-9,14H,10-13,15H2,1-3H3,(H,22,25)/p+1. The molecule has 0 bridgehead atoms. The predicted octanol–water partition coefficient (Wildman–Crippen LogP) is 1.82. The van der Waals surface area contributed by atoms with Crippen LogP contribution in [0.4, 0.5) is 11.4 Å². The molecular formula is C21H28N3O+. The van der Waals surface area contributed by atoms with Gasteiger partial charge in [0.25, 0.3) is 0 Å². The number of anilines is 2. The van der Waals surface area contributed by atoms with Gasteiger partial charge in [-0.3, -0.25) is 4.79 Å². The van der Waals surface area contributed by atoms with Crippen molar-refractivity contribution in [3.63, 3.8) is 0 Å². The van der Waals surface area contributed by atoms with Crippen LogP contribution in [0.3, 0.4) is 0 Å². The van der Waals surface area contributed by atoms with E-state index >= 15 is 0 Å². The van der Waals surface area contributed by atoms with E-state index in [0.717, 1.165) is 24.3 Å². The molecule has 0 atom stereocenters. The molecule has 4 heteroatoms. The number of carbonyl (C=O) groups is 1. The maximum Gasteiger partial charge on any atom is 0.228 e. The first kappa shape index (κ1) is 17.5. The summed E-state index contributed by atoms with van der Waals surface area (Å²) in [4.78, 5) is 16.3. The van der Waals surface area contributed by atoms with Crippen molar-refractivity contribution >= 4 is 17.3 Å². The summed E-state index contributed by atoms with van der Waals surface area (Å²) < 4.78 is 0. The molecule has 1 aliphatic rings. The molecular weight excluding hydrogens is 310 g/mol. The Kier molecular flexibility index (Phi) is 5.39. The summed E-state index contributed by atoms with van der Waals surface area (Å²) in [5.41, 5.74) is 5.63. The number of amides is 1. The van der Waals surface area contributed by atoms with Crippen molar-refractivity contribution in [1.29, 1.82) is 0 Å². The minimum atomic E-state index is 0.0270. The Hall–Kier alpha value is -2.33. The maximum atomic E-state index is 12.3. The van der Waals surface area contributed by atoms with Crippen molar-refractivity contribution in [2.75, 3.05) is 43.4 Å². The predicted molar refractivity (Wildman–Crippen MR) is 104 cm³/mol. The molecule has 0 aliphatic carbocycles. The van der Waals surface area contributed by atoms with Gasteiger partial charge in [0.15, 0.2) is 0 Å². The minimum absolute atomic E-state index is 0.0270. The number of likely N-dealkylation sites (N-methyl/N-ethyl adjacent to an activating group) is 1. The summed E-state index contributed by atoms with van der Waals surface area (Å²) in [6.07, 6.45) is 0.407. The molecule has 132 valence electrons. The maximum absolute atomic E-state index is 12.3. The van der Waals surface area contributed by atoms with Crippen LogP contribution in [0.25, 0.3) is 0 Å². The molecule has 25 heavy (non-hydrogen) atoms. The molecule has 2 N–H and O–H groups in total. The fourth-order valence-electron chi connectivity index (χ4n) is 3.21. The van der Waals surface area contributed by atoms with E-state index in [1.165, 1.54) is 29.9 Å². The summed E-state index contributed by atoms with van der Waals surface area (Å²) >= 11 is 0. The molecule has 1 saturated heterocycles. The van der Waals surface area contributed by atoms with E-state index in [4.69, 9.17) is 0 Å². The molecule has 4 nitrogen and oxygen atoms in total. The summed E-state index contributed by atoms with van der Waals surface area (Å²) in [5, 5.41) is 3.00. The van der Waals surface area contributed by atoms with Gasteiger partial charge in [0, 0.05) is 11.4 Å². The van der Waals surface area contributed by atoms with Crippen molar-refractivity contribution in [2.45, 2.75) is 20.3 Å². The number of nitrogens with zero attached hydrogens (tertiary/aromatic N) is 1. The lowest BCUT2D eigenvalue weighted by Crippen LogP contribution is -3.12. The number of quaternary nitrogens is 1. The van der Waals surface area contributed by atoms with E-state index in [0.29, 0.717) is 6.42 Å². The van der Waals surface area contributed by atoms with Crippen LogP contribution in [-0.4, -0.2) is 39.1 Å². The Bertz CT molecular complexity index is 731. The molecule has 2 aromatic carbocycles. The highest BCUT2D eigenvalue weighted by Crippen LogP contribution is 2.18. The third-order valence-electron chi connectivity index (χ3n) is 5.07. The summed E-state index contributed by atoms with van der Waals surface area (Å²) in [5.74, 6) is 0.0270. The van der Waals surface area contributed by atoms with Crippen molar-refractivity contribution < 1.29 is 9.69 Å². The van der Waals surface area contributed by atoms with Gasteiger partial charge in [-0.25, -0.2) is 0 Å². The van der Waals surface area contributed by atoms with Crippen LogP contribution in [-0.2, 0) is 11.2 Å². The number of hydrogen-bond donors (Lipinski definition) is 2. The Balaban J connectivity index is 1.57. The molecule has 1 fully saturated rings. The molecule has 1 amide bonds. The summed E-state index contributed by atoms with van der Waals surface area (Å²) in [6.45, 7) is 8.69. The number of rotatable bonds is 4. The van der Waals surface area contributed by atoms with Crippen molar-refractivity contribution in [3.8, 4) is 0 Å². The monoisotopic (exact) mass is 338 g/mol. The second-order valence-corrected chi connectivity index (χ2v) is 7.13. The fraction of sp³-hybridized carbons (Fsp3) is 0.381. The van der Waals surface area contributed by atoms with E-state index < -0.39 is 0 Å². The first-order valence-electron chi connectivity index (χ1n) is 9.03. The first-order chi connectivity index (χ1) is 12.0. The first-order valence-corrected chi connectivity index (χ1v) is 9.03. The lowest BCUT2D eigenvalue weighted by Gasteiger charge is -2.31. The quantitative estimate of drug-likeness (QED) is 0.892. The Morgan fingerprint density at radius 1 is 1.04 bits per heavy atom. The molecule has 0 radical (unpaired) electrons. The summed E-state index contributed by atoms with van der Waals surface area (Å²) in [6, 6.07) is 14.4. The van der Waals surface area contributed by atoms with Gasteiger partial charge >= 0.3 is 0 Å². The van der Waals surface area contributed by atoms with Crippen LogP contribution in [0.15, 0.2) is 42.5 Å². The molecule has 0 spiro atoms. The average molecular weight is 338 g/mol. The lowest BCUT2D eigenvalue weighted by atomic mass is 10.0. The number of carbonyl (C=O) groups excluding carboxylic acids is 1. The third-order valence-corrected chi connectivity index (χ3v) is 5.07. The number of aryl methyl sites for hydroxylation is 2. The minimum Gasteiger partial charge on any atom is -0.360 e. The van der Waals surface area contributed by atoms with Gasteiger partial charge in [-0.1, -0.05) is 18.2 Å². The topological polar surface area (TPSA) is 36.8 Å². The number of piperazine rings is 1. The van der Waals surface area contributed by atoms with E-state index in [2.05, 4.69) is 55.4 Å². The second kappa shape index (κ2) is 7.70. The van der Waals surface area contributed by atoms with Gasteiger partial charge in [0.05, 0.1) is 39.6 Å². The fourth-order valence-corrected chi connectivity index (χ4v) is 3.21. The number of benzene rings is 2. The van der Waals surface area contributed by atoms with Gasteiger partial charge < -0.3 is 15.1 Å². The van der Waals surface area contributed by atoms with Gasteiger partial charge in [-0.15, -0.1) is 0 Å². The third kappa shape index (κ3) is 4.60. The number of hydrogen-bond acceptors (Lipinski definition) is 2. The van der Waals surface area contributed by atoms with Gasteiger partial charge in [-0.05, 0) is 54.8 Å². The van der Waals surface area contributed by atoms with Crippen molar-refractivity contribution in [1.82, 2.24) is 0 Å². The molecule has 0 unspecified atom stereocenters. The van der Waals surface area contributed by atoms with Crippen LogP contribution in [0.1, 0.15) is 16.7 Å². The lowest BCUT2D eigenvalue weighted by molar-refractivity contribution is -0.880. The average Bonchev–Trinajstić information content (AvgIpc) is 2.60. The highest BCUT2D eigenvalue weighted by molar-refractivity contribution is 5.92. The SMILES string of the molecule is Cc1ccc(CC(=O)Nc2ccc(N3CC[NH+](C)CC3)cc2)cc1C. The van der Waals surface area contributed by atoms with Gasteiger partial charge in [0.1, 0.15) is 0 Å². The molecule has 1 aliphatic heterocycles. The molecule has 3 rings (SSSR count). The van der Waals surface area contributed by atoms with Crippen LogP contribution >= 0.6 is 0 Å². The van der Waals surface area contributed by atoms with Crippen LogP contribution in [0.5, 0.6) is 0 Å². The molecule has 2 aromatic rings. The van der Waals surface area contributed by atoms with E-state index in [-0.39, 0.29) is 5.91 Å². The zero-order valence-electron chi connectivity index (χ0n) is 15.4. The highest BCUT2D eigenvalue weighted by atomic mass is 16.1. The van der Waals surface area contributed by atoms with Crippen LogP contribution < -0.4 is 15.1 Å². The molecule has 0 aromatic heterocycles. The number of nitrogens with one attached hydrogen (secondary N) is 2. The zero-order chi connectivity index (χ0) is 17.8. The van der Waals surface area contributed by atoms with E-state index in [1.54, 1.807) is 4.90 Å². The van der Waals surface area contributed by atoms with Crippen molar-refractivity contribution in [3.05, 3.63) is 59.2 Å². The van der Waals surface area contributed by atoms with Crippen LogP contribution in [0, 0.1) is 13.8 Å². The smallest absolute Gasteiger partial charge is 0.228 e. The Morgan fingerprint density at radius 3 is 2.36 bits per heavy atom. The highest BCUT2D eigenvalue weighted by Gasteiger charge is 2.16.